The molecule has 9 nitrogen and oxygen atoms in total. The minimum Gasteiger partial charge on any atom is -0.748 e. The number of ether oxygens (including phenoxy) is 1. The molecule has 13 heteroatoms. The molecule has 0 aromatic rings. The van der Waals surface area contributed by atoms with E-state index in [1.807, 2.05) is 0 Å². The van der Waals surface area contributed by atoms with Crippen LogP contribution in [0.4, 0.5) is 0 Å². The summed E-state index contributed by atoms with van der Waals surface area (Å²) >= 11 is 0. The Morgan fingerprint density at radius 2 is 1.56 bits per heavy atom. The van der Waals surface area contributed by atoms with Crippen LogP contribution in [-0.2, 0) is 34.6 Å². The summed E-state index contributed by atoms with van der Waals surface area (Å²) in [5.74, 6) is -2.54. The minimum atomic E-state index is -4.67. The first-order valence-electron chi connectivity index (χ1n) is 7.05. The molecule has 25 heavy (non-hydrogen) atoms. The summed E-state index contributed by atoms with van der Waals surface area (Å²) in [5, 5.41) is -2.45. The van der Waals surface area contributed by atoms with Crippen molar-refractivity contribution in [3.8, 4) is 0 Å². The van der Waals surface area contributed by atoms with Crippen molar-refractivity contribution in [2.75, 3.05) is 0 Å². The second kappa shape index (κ2) is 11.1. The molecule has 1 fully saturated rings. The second-order valence-electron chi connectivity index (χ2n) is 5.63. The van der Waals surface area contributed by atoms with Gasteiger partial charge in [0.2, 0.25) is 0 Å². The van der Waals surface area contributed by atoms with Gasteiger partial charge in [-0.1, -0.05) is 12.8 Å². The number of rotatable bonds is 9. The van der Waals surface area contributed by atoms with Crippen molar-refractivity contribution in [2.45, 2.75) is 55.9 Å². The summed E-state index contributed by atoms with van der Waals surface area (Å²) in [7, 11) is -9.06. The van der Waals surface area contributed by atoms with Crippen LogP contribution >= 0.6 is 0 Å². The molecule has 1 aliphatic heterocycles. The van der Waals surface area contributed by atoms with Crippen LogP contribution in [0.5, 0.6) is 0 Å². The third kappa shape index (κ3) is 9.59. The molecule has 0 saturated carbocycles. The first-order valence-corrected chi connectivity index (χ1v) is 9.99. The molecule has 3 atom stereocenters. The van der Waals surface area contributed by atoms with Gasteiger partial charge in [0.15, 0.2) is 0 Å². The van der Waals surface area contributed by atoms with Crippen LogP contribution in [0, 0.1) is 5.92 Å². The molecule has 1 rings (SSSR count). The van der Waals surface area contributed by atoms with Crippen LogP contribution < -0.4 is 37.7 Å². The fourth-order valence-electron chi connectivity index (χ4n) is 2.35. The Kier molecular flexibility index (Phi) is 12.2. The number of unbranched alkanes of at least 4 members (excludes halogenated alkanes) is 1. The van der Waals surface area contributed by atoms with Crippen molar-refractivity contribution < 1.29 is 78.0 Å². The second-order valence-corrected chi connectivity index (χ2v) is 9.08. The van der Waals surface area contributed by atoms with Crippen LogP contribution in [0.3, 0.4) is 0 Å². The standard InChI is InChI=1S/C12H20O9S2.2Li/c1-8(22(15,16)17)4-2-3-5-10(23(18,19)20)6-9-7-11(13)21-12(9)14;;/h8-10H,2-7H2,1H3,(H,15,16,17)(H,18,19,20);;/q;2*+1/p-2. The SMILES string of the molecule is CC(CCCCC(CC1CC(=O)OC1=O)S(=O)(=O)[O-])S(=O)(=O)[O-].[Li+].[Li+]. The zero-order valence-corrected chi connectivity index (χ0v) is 16.1. The summed E-state index contributed by atoms with van der Waals surface area (Å²) in [6.07, 6.45) is -0.108. The Morgan fingerprint density at radius 1 is 1.04 bits per heavy atom. The third-order valence-electron chi connectivity index (χ3n) is 3.80. The van der Waals surface area contributed by atoms with Gasteiger partial charge in [0, 0.05) is 5.25 Å². The van der Waals surface area contributed by atoms with Crippen LogP contribution in [0.1, 0.15) is 45.4 Å². The van der Waals surface area contributed by atoms with Crippen LogP contribution in [0.2, 0.25) is 0 Å². The van der Waals surface area contributed by atoms with Gasteiger partial charge in [-0.05, 0) is 26.2 Å². The maximum Gasteiger partial charge on any atom is 1.00 e. The quantitative estimate of drug-likeness (QED) is 0.124. The molecule has 0 aliphatic carbocycles. The Hall–Kier alpha value is 0.155. The molecule has 0 amide bonds. The van der Waals surface area contributed by atoms with E-state index in [0.29, 0.717) is 0 Å². The summed E-state index contributed by atoms with van der Waals surface area (Å²) in [4.78, 5) is 22.3. The average Bonchev–Trinajstić information content (AvgIpc) is 2.68. The van der Waals surface area contributed by atoms with Gasteiger partial charge in [-0.2, -0.15) is 0 Å². The Morgan fingerprint density at radius 3 is 1.96 bits per heavy atom. The van der Waals surface area contributed by atoms with Gasteiger partial charge in [0.1, 0.15) is 0 Å². The molecule has 0 N–H and O–H groups in total. The first kappa shape index (κ1) is 27.4. The minimum absolute atomic E-state index is 0. The van der Waals surface area contributed by atoms with Gasteiger partial charge in [-0.15, -0.1) is 0 Å². The molecule has 0 radical (unpaired) electrons. The van der Waals surface area contributed by atoms with E-state index in [0.717, 1.165) is 0 Å². The van der Waals surface area contributed by atoms with E-state index in [4.69, 9.17) is 0 Å². The third-order valence-corrected chi connectivity index (χ3v) is 6.26. The summed E-state index contributed by atoms with van der Waals surface area (Å²) in [6.45, 7) is 1.25. The molecule has 0 bridgehead atoms. The topological polar surface area (TPSA) is 158 Å². The molecule has 1 aliphatic rings. The van der Waals surface area contributed by atoms with E-state index >= 15 is 0 Å². The molecule has 0 aromatic heterocycles. The number of hydrogen-bond donors (Lipinski definition) is 0. The number of carbonyl (C=O) groups is 2. The number of carbonyl (C=O) groups excluding carboxylic acids is 2. The van der Waals surface area contributed by atoms with Gasteiger partial charge >= 0.3 is 49.7 Å². The molecular weight excluding hydrogens is 366 g/mol. The fraction of sp³-hybridized carbons (Fsp3) is 0.833. The average molecular weight is 384 g/mol. The Labute approximate surface area is 171 Å². The molecule has 1 heterocycles. The van der Waals surface area contributed by atoms with Gasteiger partial charge in [-0.3, -0.25) is 9.59 Å². The van der Waals surface area contributed by atoms with Crippen LogP contribution in [0.25, 0.3) is 0 Å². The van der Waals surface area contributed by atoms with E-state index < -0.39 is 48.6 Å². The van der Waals surface area contributed by atoms with Crippen LogP contribution in [0.15, 0.2) is 0 Å². The molecule has 3 unspecified atom stereocenters. The van der Waals surface area contributed by atoms with Gasteiger partial charge in [0.25, 0.3) is 0 Å². The number of cyclic esters (lactones) is 2. The molecule has 1 saturated heterocycles. The van der Waals surface area contributed by atoms with Gasteiger partial charge in [-0.25, -0.2) is 16.8 Å². The van der Waals surface area contributed by atoms with E-state index in [1.54, 1.807) is 0 Å². The summed E-state index contributed by atoms with van der Waals surface area (Å²) in [6, 6.07) is 0. The van der Waals surface area contributed by atoms with Crippen molar-refractivity contribution in [3.05, 3.63) is 0 Å². The maximum atomic E-state index is 11.3. The van der Waals surface area contributed by atoms with Crippen molar-refractivity contribution in [3.63, 3.8) is 0 Å². The normalized spacial score (nSPS) is 20.2. The smallest absolute Gasteiger partial charge is 0.748 e. The Bertz CT molecular complexity index is 660. The Balaban J connectivity index is 0. The predicted molar refractivity (Wildman–Crippen MR) is 74.9 cm³/mol. The monoisotopic (exact) mass is 384 g/mol. The zero-order valence-electron chi connectivity index (χ0n) is 14.5. The van der Waals surface area contributed by atoms with E-state index in [1.165, 1.54) is 6.92 Å². The molecule has 0 aromatic carbocycles. The summed E-state index contributed by atoms with van der Waals surface area (Å²) < 4.78 is 70.3. The molecule has 134 valence electrons. The largest absolute Gasteiger partial charge is 1.00 e. The summed E-state index contributed by atoms with van der Waals surface area (Å²) in [5.41, 5.74) is 0. The zero-order chi connectivity index (χ0) is 17.8. The van der Waals surface area contributed by atoms with Crippen molar-refractivity contribution in [1.29, 1.82) is 0 Å². The fourth-order valence-corrected chi connectivity index (χ4v) is 3.73. The van der Waals surface area contributed by atoms with Crippen LogP contribution in [-0.4, -0.2) is 48.4 Å². The number of hydrogen-bond acceptors (Lipinski definition) is 9. The predicted octanol–water partition coefficient (Wildman–Crippen LogP) is -6.12. The van der Waals surface area contributed by atoms with E-state index in [9.17, 15) is 35.5 Å². The maximum absolute atomic E-state index is 11.3. The van der Waals surface area contributed by atoms with Crippen molar-refractivity contribution >= 4 is 32.2 Å². The van der Waals surface area contributed by atoms with E-state index in [-0.39, 0.29) is 76.2 Å². The van der Waals surface area contributed by atoms with Gasteiger partial charge < -0.3 is 13.8 Å². The van der Waals surface area contributed by atoms with E-state index in [2.05, 4.69) is 4.74 Å². The molecular formula is C12H18Li2O9S2. The molecule has 0 spiro atoms. The first-order chi connectivity index (χ1) is 10.4. The van der Waals surface area contributed by atoms with Gasteiger partial charge in [0.05, 0.1) is 37.8 Å². The van der Waals surface area contributed by atoms with Crippen molar-refractivity contribution in [2.24, 2.45) is 5.92 Å². The number of esters is 2. The van der Waals surface area contributed by atoms with Crippen molar-refractivity contribution in [1.82, 2.24) is 0 Å².